The molecule has 5 rings (SSSR count). The highest BCUT2D eigenvalue weighted by Gasteiger charge is 2.30. The second-order valence-corrected chi connectivity index (χ2v) is 10.4. The van der Waals surface area contributed by atoms with Gasteiger partial charge in [-0.2, -0.15) is 0 Å². The van der Waals surface area contributed by atoms with Crippen LogP contribution >= 0.6 is 11.8 Å². The van der Waals surface area contributed by atoms with Crippen LogP contribution in [0.25, 0.3) is 5.69 Å². The summed E-state index contributed by atoms with van der Waals surface area (Å²) >= 11 is 1.39. The number of piperazine rings is 1. The van der Waals surface area contributed by atoms with Gasteiger partial charge in [0.1, 0.15) is 11.6 Å². The summed E-state index contributed by atoms with van der Waals surface area (Å²) in [6.07, 6.45) is 0.638. The van der Waals surface area contributed by atoms with Crippen LogP contribution in [0.3, 0.4) is 0 Å². The molecule has 2 heterocycles. The highest BCUT2D eigenvalue weighted by Crippen LogP contribution is 2.25. The van der Waals surface area contributed by atoms with E-state index in [1.165, 1.54) is 11.8 Å². The van der Waals surface area contributed by atoms with Crippen LogP contribution in [0.1, 0.15) is 28.7 Å². The number of hydrogen-bond donors (Lipinski definition) is 0. The number of aromatic nitrogens is 3. The predicted molar refractivity (Wildman–Crippen MR) is 151 cm³/mol. The summed E-state index contributed by atoms with van der Waals surface area (Å²) < 4.78 is 7.22. The van der Waals surface area contributed by atoms with Crippen molar-refractivity contribution in [2.75, 3.05) is 32.5 Å². The third kappa shape index (κ3) is 6.15. The lowest BCUT2D eigenvalue weighted by Gasteiger charge is -2.40. The van der Waals surface area contributed by atoms with Crippen molar-refractivity contribution in [1.29, 1.82) is 0 Å². The Hall–Kier alpha value is -4.11. The molecule has 1 saturated heterocycles. The monoisotopic (exact) mass is 541 g/mol. The number of nitrogens with zero attached hydrogens (tertiary/aromatic N) is 5. The molecule has 0 spiro atoms. The van der Waals surface area contributed by atoms with E-state index < -0.39 is 0 Å². The van der Waals surface area contributed by atoms with Gasteiger partial charge in [-0.15, -0.1) is 10.2 Å². The van der Waals surface area contributed by atoms with E-state index in [9.17, 15) is 9.59 Å². The van der Waals surface area contributed by atoms with Gasteiger partial charge in [0, 0.05) is 43.3 Å². The molecule has 0 radical (unpaired) electrons. The first kappa shape index (κ1) is 26.5. The second-order valence-electron chi connectivity index (χ2n) is 9.44. The van der Waals surface area contributed by atoms with Crippen molar-refractivity contribution in [3.63, 3.8) is 0 Å². The van der Waals surface area contributed by atoms with Crippen molar-refractivity contribution in [3.05, 3.63) is 102 Å². The fourth-order valence-corrected chi connectivity index (χ4v) is 5.60. The summed E-state index contributed by atoms with van der Waals surface area (Å²) in [7, 11) is 1.60. The van der Waals surface area contributed by atoms with Crippen molar-refractivity contribution in [2.45, 2.75) is 24.5 Å². The highest BCUT2D eigenvalue weighted by atomic mass is 32.2. The molecule has 1 aromatic heterocycles. The number of benzene rings is 3. The van der Waals surface area contributed by atoms with E-state index in [1.807, 2.05) is 69.8 Å². The average Bonchev–Trinajstić information content (AvgIpc) is 3.38. The molecule has 1 fully saturated rings. The Balaban J connectivity index is 1.24. The van der Waals surface area contributed by atoms with Crippen LogP contribution < -0.4 is 4.74 Å². The highest BCUT2D eigenvalue weighted by molar-refractivity contribution is 7.99. The van der Waals surface area contributed by atoms with Crippen LogP contribution in [0, 0.1) is 0 Å². The molecular weight excluding hydrogens is 510 g/mol. The number of para-hydroxylation sites is 1. The minimum absolute atomic E-state index is 0.0237. The second kappa shape index (κ2) is 12.2. The van der Waals surface area contributed by atoms with Crippen LogP contribution in [0.15, 0.2) is 90.1 Å². The molecule has 1 aliphatic rings. The number of methoxy groups -OCH3 is 1. The van der Waals surface area contributed by atoms with Crippen molar-refractivity contribution < 1.29 is 14.3 Å². The first-order valence-electron chi connectivity index (χ1n) is 12.9. The molecule has 200 valence electrons. The third-order valence-corrected chi connectivity index (χ3v) is 7.74. The van der Waals surface area contributed by atoms with Gasteiger partial charge in [0.2, 0.25) is 5.91 Å². The smallest absolute Gasteiger partial charge is 0.254 e. The zero-order chi connectivity index (χ0) is 27.2. The van der Waals surface area contributed by atoms with Crippen molar-refractivity contribution in [2.24, 2.45) is 0 Å². The summed E-state index contributed by atoms with van der Waals surface area (Å²) in [5, 5.41) is 9.60. The van der Waals surface area contributed by atoms with Crippen LogP contribution in [0.2, 0.25) is 0 Å². The largest absolute Gasteiger partial charge is 0.497 e. The predicted octanol–water partition coefficient (Wildman–Crippen LogP) is 4.33. The van der Waals surface area contributed by atoms with Crippen LogP contribution in [-0.2, 0) is 11.2 Å². The molecule has 2 amide bonds. The van der Waals surface area contributed by atoms with Gasteiger partial charge < -0.3 is 14.5 Å². The van der Waals surface area contributed by atoms with Crippen LogP contribution in [0.4, 0.5) is 0 Å². The zero-order valence-electron chi connectivity index (χ0n) is 22.1. The third-order valence-electron chi connectivity index (χ3n) is 6.82. The van der Waals surface area contributed by atoms with Crippen molar-refractivity contribution in [3.8, 4) is 11.4 Å². The lowest BCUT2D eigenvalue weighted by atomic mass is 10.1. The van der Waals surface area contributed by atoms with E-state index in [2.05, 4.69) is 22.3 Å². The Bertz CT molecular complexity index is 1410. The van der Waals surface area contributed by atoms with Gasteiger partial charge in [-0.1, -0.05) is 60.3 Å². The number of rotatable bonds is 8. The first-order valence-corrected chi connectivity index (χ1v) is 13.9. The van der Waals surface area contributed by atoms with Gasteiger partial charge in [0.05, 0.1) is 12.9 Å². The molecule has 0 aliphatic carbocycles. The summed E-state index contributed by atoms with van der Waals surface area (Å²) in [5.41, 5.74) is 2.72. The molecule has 39 heavy (non-hydrogen) atoms. The molecule has 0 bridgehead atoms. The van der Waals surface area contributed by atoms with Gasteiger partial charge in [0.25, 0.3) is 5.91 Å². The van der Waals surface area contributed by atoms with E-state index in [0.29, 0.717) is 42.5 Å². The number of amides is 2. The van der Waals surface area contributed by atoms with Crippen LogP contribution in [-0.4, -0.2) is 74.9 Å². The van der Waals surface area contributed by atoms with Gasteiger partial charge in [-0.25, -0.2) is 0 Å². The van der Waals surface area contributed by atoms with Gasteiger partial charge >= 0.3 is 0 Å². The van der Waals surface area contributed by atoms with Crippen molar-refractivity contribution in [1.82, 2.24) is 24.6 Å². The Morgan fingerprint density at radius 2 is 1.62 bits per heavy atom. The Morgan fingerprint density at radius 3 is 2.28 bits per heavy atom. The van der Waals surface area contributed by atoms with Gasteiger partial charge in [-0.05, 0) is 48.9 Å². The van der Waals surface area contributed by atoms with E-state index in [1.54, 1.807) is 31.4 Å². The summed E-state index contributed by atoms with van der Waals surface area (Å²) in [6, 6.07) is 27.2. The zero-order valence-corrected chi connectivity index (χ0v) is 22.9. The molecule has 9 heteroatoms. The number of hydrogen-bond acceptors (Lipinski definition) is 6. The molecule has 0 saturated carbocycles. The normalized spacial score (nSPS) is 15.3. The maximum Gasteiger partial charge on any atom is 0.254 e. The lowest BCUT2D eigenvalue weighted by molar-refractivity contribution is -0.130. The van der Waals surface area contributed by atoms with Crippen molar-refractivity contribution >= 4 is 23.6 Å². The van der Waals surface area contributed by atoms with Crippen LogP contribution in [0.5, 0.6) is 5.75 Å². The lowest BCUT2D eigenvalue weighted by Crippen LogP contribution is -2.55. The molecule has 3 aromatic carbocycles. The molecule has 1 aliphatic heterocycles. The van der Waals surface area contributed by atoms with Gasteiger partial charge in [-0.3, -0.25) is 14.2 Å². The SMILES string of the molecule is COc1ccc(C(=O)N2CCN(C(=O)CSc3nnc(Cc4ccccc4)n3-c3ccccc3)CC2C)cc1. The quantitative estimate of drug-likeness (QED) is 0.309. The van der Waals surface area contributed by atoms with E-state index in [0.717, 1.165) is 17.1 Å². The van der Waals surface area contributed by atoms with E-state index in [-0.39, 0.29) is 23.6 Å². The standard InChI is InChI=1S/C30H31N5O3S/c1-22-20-33(17-18-34(22)29(37)24-13-15-26(38-2)16-14-24)28(36)21-39-30-32-31-27(19-23-9-5-3-6-10-23)35(30)25-11-7-4-8-12-25/h3-16,22H,17-21H2,1-2H3. The maximum atomic E-state index is 13.2. The maximum absolute atomic E-state index is 13.2. The summed E-state index contributed by atoms with van der Waals surface area (Å²) in [6.45, 7) is 3.46. The Kier molecular flexibility index (Phi) is 8.27. The molecule has 0 N–H and O–H groups in total. The topological polar surface area (TPSA) is 80.6 Å². The van der Waals surface area contributed by atoms with Gasteiger partial charge in [0.15, 0.2) is 5.16 Å². The number of carbonyl (C=O) groups excluding carboxylic acids is 2. The number of carbonyl (C=O) groups is 2. The minimum Gasteiger partial charge on any atom is -0.497 e. The molecular formula is C30H31N5O3S. The Labute approximate surface area is 232 Å². The van der Waals surface area contributed by atoms with E-state index in [4.69, 9.17) is 4.74 Å². The minimum atomic E-state index is -0.0900. The fourth-order valence-electron chi connectivity index (χ4n) is 4.73. The molecule has 1 atom stereocenters. The Morgan fingerprint density at radius 1 is 0.923 bits per heavy atom. The molecule has 1 unspecified atom stereocenters. The molecule has 4 aromatic rings. The number of ether oxygens (including phenoxy) is 1. The number of thioether (sulfide) groups is 1. The molecule has 8 nitrogen and oxygen atoms in total. The summed E-state index contributed by atoms with van der Waals surface area (Å²) in [5.74, 6) is 1.77. The van der Waals surface area contributed by atoms with E-state index >= 15 is 0 Å². The fraction of sp³-hybridized carbons (Fsp3) is 0.267. The summed E-state index contributed by atoms with van der Waals surface area (Å²) in [4.78, 5) is 29.9. The average molecular weight is 542 g/mol. The first-order chi connectivity index (χ1) is 19.0.